The third-order valence-corrected chi connectivity index (χ3v) is 4.41. The lowest BCUT2D eigenvalue weighted by Crippen LogP contribution is -2.25. The standard InChI is InChI=1S/C13H19N3O2/c17-12(18)9-13(5-1-2-6-13)8-11-15-14-10-4-3-7-16(10)11/h1-9H2,(H,17,18). The number of hydrogen-bond acceptors (Lipinski definition) is 3. The van der Waals surface area contributed by atoms with Crippen LogP contribution in [0, 0.1) is 5.41 Å². The molecule has 3 rings (SSSR count). The van der Waals surface area contributed by atoms with E-state index in [1.54, 1.807) is 0 Å². The van der Waals surface area contributed by atoms with Crippen LogP contribution in [-0.4, -0.2) is 25.8 Å². The summed E-state index contributed by atoms with van der Waals surface area (Å²) < 4.78 is 2.20. The SMILES string of the molecule is O=C(O)CC1(Cc2nnc3n2CCC3)CCCC1. The zero-order chi connectivity index (χ0) is 12.6. The van der Waals surface area contributed by atoms with E-state index in [2.05, 4.69) is 14.8 Å². The van der Waals surface area contributed by atoms with Gasteiger partial charge in [0.05, 0.1) is 6.42 Å². The van der Waals surface area contributed by atoms with Crippen LogP contribution in [-0.2, 0) is 24.2 Å². The molecule has 1 aromatic rings. The van der Waals surface area contributed by atoms with E-state index in [9.17, 15) is 4.79 Å². The first-order valence-electron chi connectivity index (χ1n) is 6.81. The van der Waals surface area contributed by atoms with Gasteiger partial charge in [-0.15, -0.1) is 10.2 Å². The van der Waals surface area contributed by atoms with E-state index < -0.39 is 5.97 Å². The van der Waals surface area contributed by atoms with Crippen LogP contribution in [0.15, 0.2) is 0 Å². The minimum atomic E-state index is -0.682. The molecule has 0 aromatic carbocycles. The fourth-order valence-corrected chi connectivity index (χ4v) is 3.54. The molecule has 1 N–H and O–H groups in total. The smallest absolute Gasteiger partial charge is 0.303 e. The molecule has 0 atom stereocenters. The molecule has 5 heteroatoms. The molecule has 1 aliphatic heterocycles. The van der Waals surface area contributed by atoms with Crippen LogP contribution in [0.25, 0.3) is 0 Å². The van der Waals surface area contributed by atoms with Gasteiger partial charge in [0, 0.05) is 19.4 Å². The Kier molecular flexibility index (Phi) is 2.84. The predicted octanol–water partition coefficient (Wildman–Crippen LogP) is 1.80. The maximum Gasteiger partial charge on any atom is 0.303 e. The number of carboxylic acid groups (broad SMARTS) is 1. The van der Waals surface area contributed by atoms with E-state index in [4.69, 9.17) is 5.11 Å². The van der Waals surface area contributed by atoms with Crippen molar-refractivity contribution in [3.8, 4) is 0 Å². The van der Waals surface area contributed by atoms with Gasteiger partial charge in [0.15, 0.2) is 0 Å². The van der Waals surface area contributed by atoms with Gasteiger partial charge < -0.3 is 9.67 Å². The Morgan fingerprint density at radius 2 is 2.06 bits per heavy atom. The molecule has 1 aromatic heterocycles. The lowest BCUT2D eigenvalue weighted by Gasteiger charge is -2.26. The summed E-state index contributed by atoms with van der Waals surface area (Å²) in [5.41, 5.74) is -0.0712. The first-order chi connectivity index (χ1) is 8.69. The van der Waals surface area contributed by atoms with Crippen molar-refractivity contribution < 1.29 is 9.90 Å². The maximum atomic E-state index is 11.1. The summed E-state index contributed by atoms with van der Waals surface area (Å²) in [5.74, 6) is 1.40. The first-order valence-corrected chi connectivity index (χ1v) is 6.81. The molecule has 0 saturated heterocycles. The minimum Gasteiger partial charge on any atom is -0.481 e. The van der Waals surface area contributed by atoms with Crippen LogP contribution < -0.4 is 0 Å². The van der Waals surface area contributed by atoms with E-state index in [1.807, 2.05) is 0 Å². The highest BCUT2D eigenvalue weighted by atomic mass is 16.4. The molecule has 0 amide bonds. The van der Waals surface area contributed by atoms with Gasteiger partial charge >= 0.3 is 5.97 Å². The molecule has 0 bridgehead atoms. The van der Waals surface area contributed by atoms with Crippen molar-refractivity contribution in [2.24, 2.45) is 5.41 Å². The van der Waals surface area contributed by atoms with Crippen LogP contribution in [0.2, 0.25) is 0 Å². The van der Waals surface area contributed by atoms with Gasteiger partial charge in [-0.2, -0.15) is 0 Å². The quantitative estimate of drug-likeness (QED) is 0.883. The van der Waals surface area contributed by atoms with E-state index >= 15 is 0 Å². The third kappa shape index (κ3) is 2.02. The molecular weight excluding hydrogens is 230 g/mol. The van der Waals surface area contributed by atoms with Crippen LogP contribution in [0.3, 0.4) is 0 Å². The van der Waals surface area contributed by atoms with E-state index in [0.29, 0.717) is 0 Å². The van der Waals surface area contributed by atoms with Crippen molar-refractivity contribution in [2.75, 3.05) is 0 Å². The second-order valence-corrected chi connectivity index (χ2v) is 5.74. The highest BCUT2D eigenvalue weighted by Crippen LogP contribution is 2.43. The normalized spacial score (nSPS) is 21.1. The summed E-state index contributed by atoms with van der Waals surface area (Å²) >= 11 is 0. The van der Waals surface area contributed by atoms with Gasteiger partial charge in [-0.1, -0.05) is 12.8 Å². The molecule has 0 unspecified atom stereocenters. The van der Waals surface area contributed by atoms with Gasteiger partial charge in [-0.25, -0.2) is 0 Å². The zero-order valence-electron chi connectivity index (χ0n) is 10.6. The molecule has 1 fully saturated rings. The first kappa shape index (κ1) is 11.7. The molecule has 0 radical (unpaired) electrons. The van der Waals surface area contributed by atoms with Crippen molar-refractivity contribution in [2.45, 2.75) is 57.9 Å². The number of aliphatic carboxylic acids is 1. The molecular formula is C13H19N3O2. The second kappa shape index (κ2) is 4.37. The number of rotatable bonds is 4. The van der Waals surface area contributed by atoms with E-state index in [0.717, 1.165) is 63.1 Å². The lowest BCUT2D eigenvalue weighted by atomic mass is 9.79. The minimum absolute atomic E-state index is 0.0712. The summed E-state index contributed by atoms with van der Waals surface area (Å²) in [5, 5.41) is 17.6. The van der Waals surface area contributed by atoms with Gasteiger partial charge in [0.1, 0.15) is 11.6 Å². The summed E-state index contributed by atoms with van der Waals surface area (Å²) in [6.45, 7) is 1.00. The Bertz CT molecular complexity index is 461. The Morgan fingerprint density at radius 3 is 2.78 bits per heavy atom. The number of fused-ring (bicyclic) bond motifs is 1. The molecule has 0 spiro atoms. The number of nitrogens with zero attached hydrogens (tertiary/aromatic N) is 3. The zero-order valence-corrected chi connectivity index (χ0v) is 10.6. The highest BCUT2D eigenvalue weighted by Gasteiger charge is 2.38. The lowest BCUT2D eigenvalue weighted by molar-refractivity contribution is -0.139. The fourth-order valence-electron chi connectivity index (χ4n) is 3.54. The average Bonchev–Trinajstić information content (AvgIpc) is 2.96. The molecule has 2 heterocycles. The number of hydrogen-bond donors (Lipinski definition) is 1. The van der Waals surface area contributed by atoms with Crippen LogP contribution in [0.1, 0.15) is 50.2 Å². The summed E-state index contributed by atoms with van der Waals surface area (Å²) in [6, 6.07) is 0. The second-order valence-electron chi connectivity index (χ2n) is 5.74. The Morgan fingerprint density at radius 1 is 1.28 bits per heavy atom. The van der Waals surface area contributed by atoms with Gasteiger partial charge in [0.2, 0.25) is 0 Å². The fraction of sp³-hybridized carbons (Fsp3) is 0.769. The summed E-state index contributed by atoms with van der Waals surface area (Å²) in [4.78, 5) is 11.1. The number of aryl methyl sites for hydroxylation is 1. The third-order valence-electron chi connectivity index (χ3n) is 4.41. The van der Waals surface area contributed by atoms with Crippen LogP contribution in [0.5, 0.6) is 0 Å². The van der Waals surface area contributed by atoms with Gasteiger partial charge in [0.25, 0.3) is 0 Å². The number of carboxylic acids is 1. The van der Waals surface area contributed by atoms with Gasteiger partial charge in [-0.05, 0) is 24.7 Å². The maximum absolute atomic E-state index is 11.1. The molecule has 2 aliphatic rings. The highest BCUT2D eigenvalue weighted by molar-refractivity contribution is 5.67. The van der Waals surface area contributed by atoms with Crippen molar-refractivity contribution in [3.63, 3.8) is 0 Å². The molecule has 98 valence electrons. The Hall–Kier alpha value is -1.39. The average molecular weight is 249 g/mol. The van der Waals surface area contributed by atoms with Crippen molar-refractivity contribution in [1.82, 2.24) is 14.8 Å². The number of aromatic nitrogens is 3. The van der Waals surface area contributed by atoms with Crippen molar-refractivity contribution >= 4 is 5.97 Å². The van der Waals surface area contributed by atoms with Crippen molar-refractivity contribution in [3.05, 3.63) is 11.6 Å². The van der Waals surface area contributed by atoms with Crippen LogP contribution in [0.4, 0.5) is 0 Å². The predicted molar refractivity (Wildman–Crippen MR) is 65.2 cm³/mol. The Balaban J connectivity index is 1.82. The Labute approximate surface area is 106 Å². The molecule has 1 saturated carbocycles. The molecule has 1 aliphatic carbocycles. The molecule has 18 heavy (non-hydrogen) atoms. The van der Waals surface area contributed by atoms with E-state index in [1.165, 1.54) is 0 Å². The summed E-state index contributed by atoms with van der Waals surface area (Å²) in [6.07, 6.45) is 7.54. The molecule has 5 nitrogen and oxygen atoms in total. The largest absolute Gasteiger partial charge is 0.481 e. The van der Waals surface area contributed by atoms with Crippen LogP contribution >= 0.6 is 0 Å². The summed E-state index contributed by atoms with van der Waals surface area (Å²) in [7, 11) is 0. The van der Waals surface area contributed by atoms with Gasteiger partial charge in [-0.3, -0.25) is 4.79 Å². The van der Waals surface area contributed by atoms with Crippen molar-refractivity contribution in [1.29, 1.82) is 0 Å². The monoisotopic (exact) mass is 249 g/mol. The number of carbonyl (C=O) groups is 1. The topological polar surface area (TPSA) is 68.0 Å². The van der Waals surface area contributed by atoms with E-state index in [-0.39, 0.29) is 11.8 Å².